The zero-order valence-electron chi connectivity index (χ0n) is 13.8. The Morgan fingerprint density at radius 2 is 2.17 bits per heavy atom. The molecule has 0 fully saturated rings. The number of H-pyrrole nitrogens is 1. The third kappa shape index (κ3) is 3.15. The highest BCUT2D eigenvalue weighted by atomic mass is 16.5. The van der Waals surface area contributed by atoms with Gasteiger partial charge >= 0.3 is 0 Å². The zero-order chi connectivity index (χ0) is 17.1. The van der Waals surface area contributed by atoms with Crippen LogP contribution in [0.5, 0.6) is 5.75 Å². The maximum absolute atomic E-state index is 12.4. The van der Waals surface area contributed by atoms with Gasteiger partial charge in [0.25, 0.3) is 0 Å². The number of hydrogen-bond donors (Lipinski definition) is 2. The summed E-state index contributed by atoms with van der Waals surface area (Å²) in [5, 5.41) is 2.89. The molecule has 7 heteroatoms. The average Bonchev–Trinajstić information content (AvgIpc) is 3.16. The highest BCUT2D eigenvalue weighted by molar-refractivity contribution is 5.92. The average molecular weight is 325 g/mol. The van der Waals surface area contributed by atoms with E-state index in [2.05, 4.69) is 20.3 Å². The number of aromatic amines is 1. The van der Waals surface area contributed by atoms with E-state index in [0.29, 0.717) is 17.3 Å². The van der Waals surface area contributed by atoms with E-state index in [9.17, 15) is 4.79 Å². The van der Waals surface area contributed by atoms with Gasteiger partial charge in [0.05, 0.1) is 19.1 Å². The number of anilines is 1. The van der Waals surface area contributed by atoms with Gasteiger partial charge in [-0.25, -0.2) is 9.97 Å². The van der Waals surface area contributed by atoms with Crippen LogP contribution in [0.2, 0.25) is 0 Å². The van der Waals surface area contributed by atoms with Gasteiger partial charge < -0.3 is 19.6 Å². The summed E-state index contributed by atoms with van der Waals surface area (Å²) in [5.41, 5.74) is 3.34. The number of carbonyl (C=O) groups excluding carboxylic acids is 1. The maximum Gasteiger partial charge on any atom is 0.244 e. The first-order valence-electron chi connectivity index (χ1n) is 7.54. The minimum atomic E-state index is -0.161. The molecule has 1 aromatic carbocycles. The quantitative estimate of drug-likeness (QED) is 0.755. The third-order valence-electron chi connectivity index (χ3n) is 3.70. The van der Waals surface area contributed by atoms with Crippen molar-refractivity contribution in [3.63, 3.8) is 0 Å². The Bertz CT molecular complexity index is 866. The second-order valence-electron chi connectivity index (χ2n) is 5.51. The molecule has 7 nitrogen and oxygen atoms in total. The molecule has 0 saturated carbocycles. The number of ether oxygens (including phenoxy) is 1. The Morgan fingerprint density at radius 3 is 2.88 bits per heavy atom. The van der Waals surface area contributed by atoms with Crippen LogP contribution in [-0.2, 0) is 11.3 Å². The van der Waals surface area contributed by atoms with E-state index in [-0.39, 0.29) is 12.5 Å². The summed E-state index contributed by atoms with van der Waals surface area (Å²) in [4.78, 5) is 24.0. The van der Waals surface area contributed by atoms with E-state index in [1.54, 1.807) is 30.4 Å². The van der Waals surface area contributed by atoms with Crippen molar-refractivity contribution < 1.29 is 9.53 Å². The predicted molar refractivity (Wildman–Crippen MR) is 90.9 cm³/mol. The van der Waals surface area contributed by atoms with E-state index in [1.165, 1.54) is 0 Å². The van der Waals surface area contributed by atoms with E-state index < -0.39 is 0 Å². The molecule has 0 spiro atoms. The summed E-state index contributed by atoms with van der Waals surface area (Å²) in [6.45, 7) is 4.02. The number of benzene rings is 1. The van der Waals surface area contributed by atoms with Crippen molar-refractivity contribution in [2.24, 2.45) is 0 Å². The number of rotatable bonds is 5. The lowest BCUT2D eigenvalue weighted by Gasteiger charge is -2.12. The number of methoxy groups -OCH3 is 1. The molecule has 0 atom stereocenters. The molecule has 3 aromatic rings. The fourth-order valence-corrected chi connectivity index (χ4v) is 2.50. The first kappa shape index (κ1) is 15.8. The first-order chi connectivity index (χ1) is 11.6. The number of aromatic nitrogens is 4. The molecule has 0 aliphatic heterocycles. The first-order valence-corrected chi connectivity index (χ1v) is 7.54. The molecular formula is C17H19N5O2. The molecule has 2 aromatic heterocycles. The van der Waals surface area contributed by atoms with Crippen molar-refractivity contribution >= 4 is 11.6 Å². The van der Waals surface area contributed by atoms with Crippen molar-refractivity contribution in [2.45, 2.75) is 20.4 Å². The van der Waals surface area contributed by atoms with Crippen LogP contribution in [0.1, 0.15) is 11.3 Å². The summed E-state index contributed by atoms with van der Waals surface area (Å²) in [6, 6.07) is 5.65. The largest absolute Gasteiger partial charge is 0.495 e. The standard InChI is InChI=1S/C17H19N5O2/c1-11-4-5-14(24-3)13(8-11)21-15(23)9-22-7-6-18-17(22)16-12(2)19-10-20-16/h4-8,10H,9H2,1-3H3,(H,19,20)(H,21,23). The number of hydrogen-bond acceptors (Lipinski definition) is 4. The Kier molecular flexibility index (Phi) is 4.33. The van der Waals surface area contributed by atoms with Crippen LogP contribution in [0.25, 0.3) is 11.5 Å². The maximum atomic E-state index is 12.4. The summed E-state index contributed by atoms with van der Waals surface area (Å²) in [6.07, 6.45) is 5.03. The molecular weight excluding hydrogens is 306 g/mol. The molecule has 0 saturated heterocycles. The summed E-state index contributed by atoms with van der Waals surface area (Å²) >= 11 is 0. The summed E-state index contributed by atoms with van der Waals surface area (Å²) in [5.74, 6) is 1.12. The van der Waals surface area contributed by atoms with Crippen LogP contribution in [0, 0.1) is 13.8 Å². The highest BCUT2D eigenvalue weighted by Crippen LogP contribution is 2.25. The summed E-state index contributed by atoms with van der Waals surface area (Å²) < 4.78 is 7.05. The summed E-state index contributed by atoms with van der Waals surface area (Å²) in [7, 11) is 1.58. The van der Waals surface area contributed by atoms with E-state index in [4.69, 9.17) is 4.74 Å². The van der Waals surface area contributed by atoms with E-state index in [1.807, 2.05) is 32.0 Å². The molecule has 0 radical (unpaired) electrons. The second-order valence-corrected chi connectivity index (χ2v) is 5.51. The van der Waals surface area contributed by atoms with Gasteiger partial charge in [-0.05, 0) is 31.5 Å². The third-order valence-corrected chi connectivity index (χ3v) is 3.70. The van der Waals surface area contributed by atoms with Crippen LogP contribution in [-0.4, -0.2) is 32.5 Å². The SMILES string of the molecule is COc1ccc(C)cc1NC(=O)Cn1ccnc1-c1nc[nH]c1C. The molecule has 0 unspecified atom stereocenters. The van der Waals surface area contributed by atoms with Crippen LogP contribution in [0.15, 0.2) is 36.9 Å². The van der Waals surface area contributed by atoms with Gasteiger partial charge in [-0.1, -0.05) is 6.07 Å². The minimum absolute atomic E-state index is 0.138. The number of carbonyl (C=O) groups is 1. The van der Waals surface area contributed by atoms with Crippen LogP contribution < -0.4 is 10.1 Å². The highest BCUT2D eigenvalue weighted by Gasteiger charge is 2.14. The Morgan fingerprint density at radius 1 is 1.33 bits per heavy atom. The molecule has 2 heterocycles. The number of nitrogens with zero attached hydrogens (tertiary/aromatic N) is 3. The molecule has 0 aliphatic carbocycles. The van der Waals surface area contributed by atoms with Gasteiger partial charge in [-0.15, -0.1) is 0 Å². The van der Waals surface area contributed by atoms with Gasteiger partial charge in [-0.3, -0.25) is 4.79 Å². The number of amides is 1. The Hall–Kier alpha value is -3.09. The Balaban J connectivity index is 1.79. The lowest BCUT2D eigenvalue weighted by atomic mass is 10.2. The van der Waals surface area contributed by atoms with Gasteiger partial charge in [0.1, 0.15) is 18.0 Å². The van der Waals surface area contributed by atoms with Crippen molar-refractivity contribution in [3.8, 4) is 17.3 Å². The number of aryl methyl sites for hydroxylation is 2. The molecule has 3 rings (SSSR count). The molecule has 1 amide bonds. The van der Waals surface area contributed by atoms with E-state index in [0.717, 1.165) is 17.0 Å². The zero-order valence-corrected chi connectivity index (χ0v) is 13.8. The monoisotopic (exact) mass is 325 g/mol. The lowest BCUT2D eigenvalue weighted by Crippen LogP contribution is -2.19. The van der Waals surface area contributed by atoms with Gasteiger partial charge in [0.2, 0.25) is 5.91 Å². The molecule has 0 bridgehead atoms. The normalized spacial score (nSPS) is 10.6. The topological polar surface area (TPSA) is 84.8 Å². The fraction of sp³-hybridized carbons (Fsp3) is 0.235. The van der Waals surface area contributed by atoms with Gasteiger partial charge in [-0.2, -0.15) is 0 Å². The van der Waals surface area contributed by atoms with Gasteiger partial charge in [0, 0.05) is 18.1 Å². The van der Waals surface area contributed by atoms with Crippen molar-refractivity contribution in [1.82, 2.24) is 19.5 Å². The van der Waals surface area contributed by atoms with Gasteiger partial charge in [0.15, 0.2) is 5.82 Å². The van der Waals surface area contributed by atoms with Crippen LogP contribution in [0.3, 0.4) is 0 Å². The number of nitrogens with one attached hydrogen (secondary N) is 2. The van der Waals surface area contributed by atoms with Crippen molar-refractivity contribution in [3.05, 3.63) is 48.2 Å². The Labute approximate surface area is 139 Å². The fourth-order valence-electron chi connectivity index (χ4n) is 2.50. The molecule has 2 N–H and O–H groups in total. The van der Waals surface area contributed by atoms with Crippen LogP contribution in [0.4, 0.5) is 5.69 Å². The second kappa shape index (κ2) is 6.57. The predicted octanol–water partition coefficient (Wildman–Crippen LogP) is 2.54. The molecule has 24 heavy (non-hydrogen) atoms. The van der Waals surface area contributed by atoms with Crippen molar-refractivity contribution in [2.75, 3.05) is 12.4 Å². The van der Waals surface area contributed by atoms with Crippen molar-refractivity contribution in [1.29, 1.82) is 0 Å². The van der Waals surface area contributed by atoms with Crippen LogP contribution >= 0.6 is 0 Å². The molecule has 124 valence electrons. The lowest BCUT2D eigenvalue weighted by molar-refractivity contribution is -0.116. The smallest absolute Gasteiger partial charge is 0.244 e. The number of imidazole rings is 2. The molecule has 0 aliphatic rings. The minimum Gasteiger partial charge on any atom is -0.495 e. The van der Waals surface area contributed by atoms with E-state index >= 15 is 0 Å².